The van der Waals surface area contributed by atoms with Crippen molar-refractivity contribution in [1.29, 1.82) is 0 Å². The molecule has 0 amide bonds. The van der Waals surface area contributed by atoms with Gasteiger partial charge >= 0.3 is 12.4 Å². The lowest BCUT2D eigenvalue weighted by atomic mass is 9.85. The van der Waals surface area contributed by atoms with Crippen LogP contribution in [0.15, 0.2) is 35.6 Å². The number of pyridine rings is 1. The lowest BCUT2D eigenvalue weighted by Crippen LogP contribution is -2.60. The van der Waals surface area contributed by atoms with E-state index in [0.29, 0.717) is 0 Å². The van der Waals surface area contributed by atoms with E-state index < -0.39 is 58.4 Å². The van der Waals surface area contributed by atoms with Crippen molar-refractivity contribution < 1.29 is 49.5 Å². The molecule has 2 aliphatic rings. The molecule has 1 aromatic carbocycles. The first-order valence-corrected chi connectivity index (χ1v) is 10.8. The summed E-state index contributed by atoms with van der Waals surface area (Å²) in [6.07, 6.45) is -11.0. The molecule has 1 saturated heterocycles. The first-order chi connectivity index (χ1) is 16.8. The minimum Gasteiger partial charge on any atom is -0.389 e. The van der Waals surface area contributed by atoms with Crippen LogP contribution >= 0.6 is 0 Å². The van der Waals surface area contributed by atoms with Crippen molar-refractivity contribution in [1.82, 2.24) is 9.88 Å². The molecule has 1 atom stereocenters. The van der Waals surface area contributed by atoms with Gasteiger partial charge in [0.25, 0.3) is 5.60 Å². The van der Waals surface area contributed by atoms with Crippen molar-refractivity contribution in [2.75, 3.05) is 19.6 Å². The van der Waals surface area contributed by atoms with Gasteiger partial charge < -0.3 is 9.94 Å². The number of hydrogen-bond donors (Lipinski definition) is 1. The largest absolute Gasteiger partial charge is 0.435 e. The molecule has 4 rings (SSSR count). The van der Waals surface area contributed by atoms with E-state index in [9.17, 15) is 40.2 Å². The van der Waals surface area contributed by atoms with Crippen LogP contribution in [0.25, 0.3) is 0 Å². The molecular formula is C23H20F9N3O2. The fourth-order valence-corrected chi connectivity index (χ4v) is 4.40. The number of benzene rings is 1. The quantitative estimate of drug-likeness (QED) is 0.529. The van der Waals surface area contributed by atoms with Gasteiger partial charge in [-0.1, -0.05) is 5.16 Å². The molecule has 1 fully saturated rings. The number of hydrogen-bond acceptors (Lipinski definition) is 5. The van der Waals surface area contributed by atoms with E-state index in [1.807, 2.05) is 0 Å². The van der Waals surface area contributed by atoms with Crippen molar-refractivity contribution in [2.24, 2.45) is 5.16 Å². The van der Waals surface area contributed by atoms with E-state index in [-0.39, 0.29) is 48.7 Å². The normalized spacial score (nSPS) is 22.4. The lowest BCUT2D eigenvalue weighted by Gasteiger charge is -2.46. The van der Waals surface area contributed by atoms with E-state index in [4.69, 9.17) is 0 Å². The van der Waals surface area contributed by atoms with Gasteiger partial charge in [-0.25, -0.2) is 13.2 Å². The average molecular weight is 541 g/mol. The maximum Gasteiger partial charge on any atom is 0.435 e. The maximum absolute atomic E-state index is 15.1. The van der Waals surface area contributed by atoms with Crippen LogP contribution in [0, 0.1) is 11.6 Å². The van der Waals surface area contributed by atoms with Crippen LogP contribution in [0.5, 0.6) is 0 Å². The summed E-state index contributed by atoms with van der Waals surface area (Å²) in [6, 6.07) is 2.28. The van der Waals surface area contributed by atoms with Crippen molar-refractivity contribution in [2.45, 2.75) is 49.5 Å². The molecule has 3 heterocycles. The fourth-order valence-electron chi connectivity index (χ4n) is 4.40. The molecule has 1 unspecified atom stereocenters. The summed E-state index contributed by atoms with van der Waals surface area (Å²) in [5, 5.41) is 13.2. The number of halogens is 9. The van der Waals surface area contributed by atoms with Crippen LogP contribution < -0.4 is 0 Å². The molecule has 0 saturated carbocycles. The first kappa shape index (κ1) is 27.2. The van der Waals surface area contributed by atoms with E-state index in [1.165, 1.54) is 12.1 Å². The summed E-state index contributed by atoms with van der Waals surface area (Å²) in [7, 11) is 0. The minimum atomic E-state index is -5.47. The Kier molecular flexibility index (Phi) is 6.30. The summed E-state index contributed by atoms with van der Waals surface area (Å²) in [6.45, 7) is 3.21. The zero-order valence-electron chi connectivity index (χ0n) is 19.3. The lowest BCUT2D eigenvalue weighted by molar-refractivity contribution is -0.276. The average Bonchev–Trinajstić information content (AvgIpc) is 3.19. The summed E-state index contributed by atoms with van der Waals surface area (Å²) < 4.78 is 124. The van der Waals surface area contributed by atoms with Gasteiger partial charge in [-0.3, -0.25) is 9.88 Å². The Hall–Kier alpha value is -2.87. The Balaban J connectivity index is 1.59. The summed E-state index contributed by atoms with van der Waals surface area (Å²) in [5.74, 6) is -4.48. The Bertz CT molecular complexity index is 1210. The molecule has 0 bridgehead atoms. The van der Waals surface area contributed by atoms with Crippen molar-refractivity contribution in [3.8, 4) is 0 Å². The van der Waals surface area contributed by atoms with Crippen LogP contribution in [-0.4, -0.2) is 52.1 Å². The number of alkyl halides is 7. The van der Waals surface area contributed by atoms with E-state index in [1.54, 1.807) is 18.7 Å². The van der Waals surface area contributed by atoms with E-state index >= 15 is 4.39 Å². The topological polar surface area (TPSA) is 58.0 Å². The third-order valence-electron chi connectivity index (χ3n) is 6.10. The predicted octanol–water partition coefficient (Wildman–Crippen LogP) is 5.21. The Morgan fingerprint density at radius 2 is 1.70 bits per heavy atom. The van der Waals surface area contributed by atoms with Crippen LogP contribution in [0.1, 0.15) is 42.7 Å². The number of oxime groups is 1. The Morgan fingerprint density at radius 3 is 2.22 bits per heavy atom. The zero-order valence-corrected chi connectivity index (χ0v) is 19.3. The molecule has 0 radical (unpaired) electrons. The predicted molar refractivity (Wildman–Crippen MR) is 111 cm³/mol. The minimum absolute atomic E-state index is 0.0132. The van der Waals surface area contributed by atoms with Crippen molar-refractivity contribution in [3.63, 3.8) is 0 Å². The first-order valence-electron chi connectivity index (χ1n) is 10.8. The second kappa shape index (κ2) is 8.58. The van der Waals surface area contributed by atoms with Gasteiger partial charge in [0.05, 0.1) is 29.0 Å². The Labute approximate surface area is 204 Å². The van der Waals surface area contributed by atoms with E-state index in [2.05, 4.69) is 15.0 Å². The van der Waals surface area contributed by atoms with Crippen LogP contribution in [0.3, 0.4) is 0 Å². The fraction of sp³-hybridized carbons (Fsp3) is 0.478. The third-order valence-corrected chi connectivity index (χ3v) is 6.10. The molecule has 1 aromatic heterocycles. The monoisotopic (exact) mass is 541 g/mol. The maximum atomic E-state index is 15.1. The number of aromatic nitrogens is 1. The van der Waals surface area contributed by atoms with Gasteiger partial charge in [-0.15, -0.1) is 0 Å². The van der Waals surface area contributed by atoms with Gasteiger partial charge in [-0.2, -0.15) is 26.3 Å². The highest BCUT2D eigenvalue weighted by atomic mass is 19.4. The van der Waals surface area contributed by atoms with Gasteiger partial charge in [0.2, 0.25) is 0 Å². The molecule has 1 N–H and O–H groups in total. The second-order valence-electron chi connectivity index (χ2n) is 9.80. The van der Waals surface area contributed by atoms with Crippen LogP contribution in [0.4, 0.5) is 39.5 Å². The van der Waals surface area contributed by atoms with Gasteiger partial charge in [0.15, 0.2) is 17.3 Å². The van der Waals surface area contributed by atoms with Crippen LogP contribution in [0.2, 0.25) is 0 Å². The Morgan fingerprint density at radius 1 is 1.05 bits per heavy atom. The highest BCUT2D eigenvalue weighted by Crippen LogP contribution is 2.50. The van der Waals surface area contributed by atoms with E-state index in [0.717, 1.165) is 6.20 Å². The van der Waals surface area contributed by atoms with Crippen molar-refractivity contribution in [3.05, 3.63) is 64.5 Å². The summed E-state index contributed by atoms with van der Waals surface area (Å²) >= 11 is 0. The molecule has 37 heavy (non-hydrogen) atoms. The highest BCUT2D eigenvalue weighted by Gasteiger charge is 2.63. The second-order valence-corrected chi connectivity index (χ2v) is 9.80. The highest BCUT2D eigenvalue weighted by molar-refractivity contribution is 6.01. The standard InChI is InChI=1S/C23H20F9N3O2/c1-19(2,36)9-35-10-20(26,11-35)17-4-3-12(8-33-17)16-7-21(37-34-16,23(30,31)32)13-5-14(22(27,28)29)18(25)15(24)6-13/h3-6,8,36H,7,9-11H2,1-2H3. The van der Waals surface area contributed by atoms with Crippen LogP contribution in [-0.2, 0) is 22.3 Å². The zero-order chi connectivity index (χ0) is 27.6. The number of likely N-dealkylation sites (tertiary alicyclic amines) is 1. The summed E-state index contributed by atoms with van der Waals surface area (Å²) in [4.78, 5) is 10.2. The molecular weight excluding hydrogens is 521 g/mol. The smallest absolute Gasteiger partial charge is 0.389 e. The molecule has 2 aromatic rings. The number of β-amino-alcohol motifs (C(OH)–C–C–N with tert-alkyl or cyclic N) is 1. The molecule has 2 aliphatic heterocycles. The summed E-state index contributed by atoms with van der Waals surface area (Å²) in [5.41, 5.74) is -10.4. The SMILES string of the molecule is CC(C)(O)CN1CC(F)(c2ccc(C3=NOC(c4cc(F)c(F)c(C(F)(F)F)c4)(C(F)(F)F)C3)cn2)C1. The number of nitrogens with zero attached hydrogens (tertiary/aromatic N) is 3. The molecule has 14 heteroatoms. The third kappa shape index (κ3) is 5.00. The van der Waals surface area contributed by atoms with Gasteiger partial charge in [-0.05, 0) is 38.1 Å². The van der Waals surface area contributed by atoms with Crippen molar-refractivity contribution >= 4 is 5.71 Å². The molecule has 0 spiro atoms. The number of rotatable bonds is 5. The molecule has 5 nitrogen and oxygen atoms in total. The van der Waals surface area contributed by atoms with Gasteiger partial charge in [0, 0.05) is 37.0 Å². The molecule has 0 aliphatic carbocycles. The number of aliphatic hydroxyl groups is 1. The van der Waals surface area contributed by atoms with Gasteiger partial charge in [0.1, 0.15) is 0 Å². The molecule has 202 valence electrons.